The zero-order valence-corrected chi connectivity index (χ0v) is 18.1. The smallest absolute Gasteiger partial charge is 0.276 e. The van der Waals surface area contributed by atoms with E-state index in [2.05, 4.69) is 21.7 Å². The molecule has 0 spiro atoms. The van der Waals surface area contributed by atoms with Gasteiger partial charge in [-0.25, -0.2) is 9.37 Å². The van der Waals surface area contributed by atoms with Crippen LogP contribution in [0.5, 0.6) is 0 Å². The van der Waals surface area contributed by atoms with Crippen LogP contribution in [-0.4, -0.2) is 64.4 Å². The summed E-state index contributed by atoms with van der Waals surface area (Å²) < 4.78 is 18.9. The van der Waals surface area contributed by atoms with Crippen LogP contribution in [0.15, 0.2) is 28.9 Å². The first kappa shape index (κ1) is 21.3. The van der Waals surface area contributed by atoms with Crippen LogP contribution < -0.4 is 0 Å². The summed E-state index contributed by atoms with van der Waals surface area (Å²) in [6, 6.07) is 5.15. The molecule has 0 saturated carbocycles. The van der Waals surface area contributed by atoms with E-state index >= 15 is 0 Å². The van der Waals surface area contributed by atoms with Crippen LogP contribution >= 0.6 is 11.6 Å². The number of oxazole rings is 1. The summed E-state index contributed by atoms with van der Waals surface area (Å²) >= 11 is 5.88. The highest BCUT2D eigenvalue weighted by Gasteiger charge is 2.27. The highest BCUT2D eigenvalue weighted by Crippen LogP contribution is 2.20. The van der Waals surface area contributed by atoms with Gasteiger partial charge in [-0.2, -0.15) is 0 Å². The molecule has 162 valence electrons. The summed E-state index contributed by atoms with van der Waals surface area (Å²) in [7, 11) is 0. The molecule has 30 heavy (non-hydrogen) atoms. The number of hydrogen-bond acceptors (Lipinski definition) is 5. The third-order valence-corrected chi connectivity index (χ3v) is 6.34. The van der Waals surface area contributed by atoms with Gasteiger partial charge in [0, 0.05) is 45.3 Å². The van der Waals surface area contributed by atoms with Gasteiger partial charge in [0.2, 0.25) is 5.89 Å². The van der Waals surface area contributed by atoms with Gasteiger partial charge in [0.1, 0.15) is 12.1 Å². The zero-order valence-electron chi connectivity index (χ0n) is 17.3. The second-order valence-electron chi connectivity index (χ2n) is 8.27. The van der Waals surface area contributed by atoms with Gasteiger partial charge in [-0.1, -0.05) is 17.7 Å². The molecule has 2 aromatic rings. The van der Waals surface area contributed by atoms with Crippen molar-refractivity contribution in [1.82, 2.24) is 19.7 Å². The number of likely N-dealkylation sites (tertiary alicyclic amines) is 1. The standard InChI is InChI=1S/C22H28ClFN4O2/c1-16-4-2-3-7-28(16)22(29)20-15-30-21(25-20)14-27-10-8-26(9-11-27)13-17-5-6-19(24)18(23)12-17/h5-6,12,15-16H,2-4,7-11,13-14H2,1H3. The van der Waals surface area contributed by atoms with E-state index < -0.39 is 0 Å². The lowest BCUT2D eigenvalue weighted by Crippen LogP contribution is -2.45. The van der Waals surface area contributed by atoms with Gasteiger partial charge in [0.15, 0.2) is 5.69 Å². The van der Waals surface area contributed by atoms with E-state index in [-0.39, 0.29) is 22.8 Å². The van der Waals surface area contributed by atoms with Crippen LogP contribution in [0.4, 0.5) is 4.39 Å². The monoisotopic (exact) mass is 434 g/mol. The summed E-state index contributed by atoms with van der Waals surface area (Å²) in [5, 5.41) is 0.166. The Morgan fingerprint density at radius 3 is 2.60 bits per heavy atom. The van der Waals surface area contributed by atoms with Crippen LogP contribution in [0.3, 0.4) is 0 Å². The number of rotatable bonds is 5. The molecule has 2 fully saturated rings. The molecule has 3 heterocycles. The van der Waals surface area contributed by atoms with Crippen LogP contribution in [0.25, 0.3) is 0 Å². The summed E-state index contributed by atoms with van der Waals surface area (Å²) in [4.78, 5) is 23.7. The molecule has 1 aromatic carbocycles. The lowest BCUT2D eigenvalue weighted by molar-refractivity contribution is 0.0629. The van der Waals surface area contributed by atoms with Crippen molar-refractivity contribution >= 4 is 17.5 Å². The maximum absolute atomic E-state index is 13.3. The van der Waals surface area contributed by atoms with Crippen LogP contribution in [0, 0.1) is 5.82 Å². The molecule has 0 N–H and O–H groups in total. The van der Waals surface area contributed by atoms with E-state index in [1.165, 1.54) is 18.8 Å². The van der Waals surface area contributed by atoms with Crippen molar-refractivity contribution in [2.45, 2.75) is 45.3 Å². The van der Waals surface area contributed by atoms with E-state index in [0.29, 0.717) is 18.1 Å². The lowest BCUT2D eigenvalue weighted by atomic mass is 10.0. The quantitative estimate of drug-likeness (QED) is 0.716. The largest absolute Gasteiger partial charge is 0.447 e. The second kappa shape index (κ2) is 9.45. The Morgan fingerprint density at radius 1 is 1.17 bits per heavy atom. The third kappa shape index (κ3) is 5.02. The molecule has 1 aromatic heterocycles. The second-order valence-corrected chi connectivity index (χ2v) is 8.68. The predicted octanol–water partition coefficient (Wildman–Crippen LogP) is 3.80. The first-order chi connectivity index (χ1) is 14.5. The summed E-state index contributed by atoms with van der Waals surface area (Å²) in [6.07, 6.45) is 4.77. The number of piperazine rings is 1. The van der Waals surface area contributed by atoms with Gasteiger partial charge in [0.25, 0.3) is 5.91 Å². The first-order valence-electron chi connectivity index (χ1n) is 10.6. The zero-order chi connectivity index (χ0) is 21.1. The number of carbonyl (C=O) groups is 1. The van der Waals surface area contributed by atoms with E-state index in [9.17, 15) is 9.18 Å². The fourth-order valence-electron chi connectivity index (χ4n) is 4.22. The molecule has 8 heteroatoms. The van der Waals surface area contributed by atoms with Gasteiger partial charge < -0.3 is 9.32 Å². The SMILES string of the molecule is CC1CCCCN1C(=O)c1coc(CN2CCN(Cc3ccc(F)c(Cl)c3)CC2)n1. The molecular formula is C22H28ClFN4O2. The van der Waals surface area contributed by atoms with Gasteiger partial charge in [0.05, 0.1) is 11.6 Å². The molecule has 1 unspecified atom stereocenters. The van der Waals surface area contributed by atoms with Gasteiger partial charge in [-0.15, -0.1) is 0 Å². The van der Waals surface area contributed by atoms with Crippen molar-refractivity contribution < 1.29 is 13.6 Å². The fraction of sp³-hybridized carbons (Fsp3) is 0.545. The highest BCUT2D eigenvalue weighted by atomic mass is 35.5. The highest BCUT2D eigenvalue weighted by molar-refractivity contribution is 6.30. The molecule has 1 atom stereocenters. The van der Waals surface area contributed by atoms with Crippen molar-refractivity contribution in [3.63, 3.8) is 0 Å². The van der Waals surface area contributed by atoms with Crippen molar-refractivity contribution in [1.29, 1.82) is 0 Å². The number of hydrogen-bond donors (Lipinski definition) is 0. The predicted molar refractivity (Wildman–Crippen MR) is 113 cm³/mol. The number of nitrogens with zero attached hydrogens (tertiary/aromatic N) is 4. The molecule has 0 aliphatic carbocycles. The van der Waals surface area contributed by atoms with Crippen LogP contribution in [-0.2, 0) is 13.1 Å². The molecule has 2 saturated heterocycles. The van der Waals surface area contributed by atoms with Crippen molar-refractivity contribution in [3.05, 3.63) is 52.5 Å². The molecule has 0 bridgehead atoms. The fourth-order valence-corrected chi connectivity index (χ4v) is 4.42. The Bertz CT molecular complexity index is 882. The van der Waals surface area contributed by atoms with Gasteiger partial charge in [-0.05, 0) is 43.9 Å². The van der Waals surface area contributed by atoms with Gasteiger partial charge >= 0.3 is 0 Å². The minimum atomic E-state index is -0.385. The maximum Gasteiger partial charge on any atom is 0.276 e. The van der Waals surface area contributed by atoms with Crippen molar-refractivity contribution in [2.75, 3.05) is 32.7 Å². The molecule has 0 radical (unpaired) electrons. The minimum absolute atomic E-state index is 0.0278. The summed E-state index contributed by atoms with van der Waals surface area (Å²) in [5.41, 5.74) is 1.42. The molecule has 2 aliphatic heterocycles. The van der Waals surface area contributed by atoms with Crippen LogP contribution in [0.2, 0.25) is 5.02 Å². The van der Waals surface area contributed by atoms with E-state index in [1.54, 1.807) is 12.1 Å². The maximum atomic E-state index is 13.3. The van der Waals surface area contributed by atoms with Crippen molar-refractivity contribution in [3.8, 4) is 0 Å². The molecular weight excluding hydrogens is 407 g/mol. The Morgan fingerprint density at radius 2 is 1.90 bits per heavy atom. The Labute approximate surface area is 181 Å². The van der Waals surface area contributed by atoms with E-state index in [1.807, 2.05) is 4.90 Å². The van der Waals surface area contributed by atoms with E-state index in [0.717, 1.165) is 57.7 Å². The number of aromatic nitrogens is 1. The average molecular weight is 435 g/mol. The summed E-state index contributed by atoms with van der Waals surface area (Å²) in [5.74, 6) is 0.172. The lowest BCUT2D eigenvalue weighted by Gasteiger charge is -2.34. The molecule has 4 rings (SSSR count). The number of carbonyl (C=O) groups excluding carboxylic acids is 1. The summed E-state index contributed by atoms with van der Waals surface area (Å²) in [6.45, 7) is 7.78. The minimum Gasteiger partial charge on any atom is -0.447 e. The van der Waals surface area contributed by atoms with Gasteiger partial charge in [-0.3, -0.25) is 14.6 Å². The normalized spacial score (nSPS) is 21.2. The Kier molecular flexibility index (Phi) is 6.71. The average Bonchev–Trinajstić information content (AvgIpc) is 3.21. The van der Waals surface area contributed by atoms with Crippen LogP contribution in [0.1, 0.15) is 48.1 Å². The number of benzene rings is 1. The molecule has 6 nitrogen and oxygen atoms in total. The van der Waals surface area contributed by atoms with Crippen molar-refractivity contribution in [2.24, 2.45) is 0 Å². The third-order valence-electron chi connectivity index (χ3n) is 6.05. The molecule has 2 aliphatic rings. The van der Waals surface area contributed by atoms with E-state index in [4.69, 9.17) is 16.0 Å². The number of amides is 1. The first-order valence-corrected chi connectivity index (χ1v) is 11.0. The Hall–Kier alpha value is -1.96. The number of halogens is 2. The Balaban J connectivity index is 1.27. The topological polar surface area (TPSA) is 52.8 Å². The molecule has 1 amide bonds. The number of piperidine rings is 1.